The Morgan fingerprint density at radius 2 is 1.76 bits per heavy atom. The standard InChI is InChI=1S/C14H20ClN3O3/c15-14(12-1-3-13(4-2-12)18(20)21)11-17-7-5-16(6-8-17)9-10-19/h1-4,14,19H,5-11H2. The Morgan fingerprint density at radius 3 is 2.29 bits per heavy atom. The maximum Gasteiger partial charge on any atom is 0.269 e. The van der Waals surface area contributed by atoms with Gasteiger partial charge in [-0.15, -0.1) is 11.6 Å². The lowest BCUT2D eigenvalue weighted by Crippen LogP contribution is -2.47. The molecule has 2 rings (SSSR count). The van der Waals surface area contributed by atoms with E-state index in [1.807, 2.05) is 0 Å². The van der Waals surface area contributed by atoms with Crippen molar-refractivity contribution in [3.63, 3.8) is 0 Å². The summed E-state index contributed by atoms with van der Waals surface area (Å²) in [4.78, 5) is 14.7. The van der Waals surface area contributed by atoms with Gasteiger partial charge in [-0.1, -0.05) is 12.1 Å². The molecular weight excluding hydrogens is 294 g/mol. The topological polar surface area (TPSA) is 69.9 Å². The zero-order valence-corrected chi connectivity index (χ0v) is 12.6. The Labute approximate surface area is 129 Å². The Hall–Kier alpha value is -1.21. The molecule has 6 nitrogen and oxygen atoms in total. The first-order chi connectivity index (χ1) is 10.1. The van der Waals surface area contributed by atoms with Gasteiger partial charge in [0.2, 0.25) is 0 Å². The number of aliphatic hydroxyl groups is 1. The summed E-state index contributed by atoms with van der Waals surface area (Å²) in [5.74, 6) is 0. The monoisotopic (exact) mass is 313 g/mol. The number of hydrogen-bond acceptors (Lipinski definition) is 5. The Bertz CT molecular complexity index is 461. The highest BCUT2D eigenvalue weighted by atomic mass is 35.5. The van der Waals surface area contributed by atoms with Crippen LogP contribution in [0.4, 0.5) is 5.69 Å². The van der Waals surface area contributed by atoms with Gasteiger partial charge in [0, 0.05) is 51.4 Å². The highest BCUT2D eigenvalue weighted by Gasteiger charge is 2.20. The number of non-ortho nitro benzene ring substituents is 1. The number of nitro benzene ring substituents is 1. The van der Waals surface area contributed by atoms with Crippen LogP contribution < -0.4 is 0 Å². The fourth-order valence-corrected chi connectivity index (χ4v) is 2.81. The highest BCUT2D eigenvalue weighted by Crippen LogP contribution is 2.24. The lowest BCUT2D eigenvalue weighted by Gasteiger charge is -2.35. The molecule has 0 amide bonds. The summed E-state index contributed by atoms with van der Waals surface area (Å²) in [7, 11) is 0. The van der Waals surface area contributed by atoms with Gasteiger partial charge in [0.05, 0.1) is 16.9 Å². The van der Waals surface area contributed by atoms with Crippen LogP contribution in [-0.2, 0) is 0 Å². The van der Waals surface area contributed by atoms with Gasteiger partial charge in [-0.3, -0.25) is 19.9 Å². The molecule has 116 valence electrons. The lowest BCUT2D eigenvalue weighted by atomic mass is 10.1. The SMILES string of the molecule is O=[N+]([O-])c1ccc(C(Cl)CN2CCN(CCO)CC2)cc1. The maximum atomic E-state index is 10.6. The zero-order valence-electron chi connectivity index (χ0n) is 11.8. The van der Waals surface area contributed by atoms with Gasteiger partial charge < -0.3 is 5.11 Å². The number of rotatable bonds is 6. The second-order valence-corrected chi connectivity index (χ2v) is 5.71. The average molecular weight is 314 g/mol. The molecule has 0 aliphatic carbocycles. The largest absolute Gasteiger partial charge is 0.395 e. The summed E-state index contributed by atoms with van der Waals surface area (Å²) in [6.45, 7) is 5.37. The van der Waals surface area contributed by atoms with E-state index >= 15 is 0 Å². The van der Waals surface area contributed by atoms with Gasteiger partial charge in [-0.25, -0.2) is 0 Å². The molecular formula is C14H20ClN3O3. The number of halogens is 1. The third-order valence-corrected chi connectivity index (χ3v) is 4.16. The number of β-amino-alcohol motifs (C(OH)–C–C–N with tert-alkyl or cyclic N) is 1. The molecule has 1 aromatic rings. The molecule has 1 fully saturated rings. The van der Waals surface area contributed by atoms with E-state index < -0.39 is 4.92 Å². The van der Waals surface area contributed by atoms with Crippen LogP contribution in [-0.4, -0.2) is 65.7 Å². The average Bonchev–Trinajstić information content (AvgIpc) is 2.49. The molecule has 7 heteroatoms. The van der Waals surface area contributed by atoms with E-state index in [-0.39, 0.29) is 17.7 Å². The van der Waals surface area contributed by atoms with Gasteiger partial charge in [0.25, 0.3) is 5.69 Å². The van der Waals surface area contributed by atoms with Crippen LogP contribution in [0.15, 0.2) is 24.3 Å². The third-order valence-electron chi connectivity index (χ3n) is 3.77. The number of nitrogens with zero attached hydrogens (tertiary/aromatic N) is 3. The third kappa shape index (κ3) is 4.64. The fourth-order valence-electron chi connectivity index (χ4n) is 2.47. The molecule has 0 saturated carbocycles. The number of hydrogen-bond donors (Lipinski definition) is 1. The molecule has 1 heterocycles. The van der Waals surface area contributed by atoms with Crippen LogP contribution in [0.25, 0.3) is 0 Å². The molecule has 1 atom stereocenters. The molecule has 1 saturated heterocycles. The van der Waals surface area contributed by atoms with Crippen LogP contribution in [0.3, 0.4) is 0 Å². The number of benzene rings is 1. The zero-order chi connectivity index (χ0) is 15.2. The van der Waals surface area contributed by atoms with Crippen LogP contribution in [0.2, 0.25) is 0 Å². The molecule has 0 bridgehead atoms. The first kappa shape index (κ1) is 16.2. The van der Waals surface area contributed by atoms with E-state index in [0.717, 1.165) is 44.8 Å². The van der Waals surface area contributed by atoms with Gasteiger partial charge in [0.15, 0.2) is 0 Å². The Morgan fingerprint density at radius 1 is 1.19 bits per heavy atom. The molecule has 1 aromatic carbocycles. The number of aliphatic hydroxyl groups excluding tert-OH is 1. The van der Waals surface area contributed by atoms with Crippen molar-refractivity contribution in [3.05, 3.63) is 39.9 Å². The molecule has 1 aliphatic rings. The van der Waals surface area contributed by atoms with Crippen molar-refractivity contribution in [1.29, 1.82) is 0 Å². The molecule has 0 radical (unpaired) electrons. The maximum absolute atomic E-state index is 10.6. The molecule has 0 aromatic heterocycles. The quantitative estimate of drug-likeness (QED) is 0.489. The van der Waals surface area contributed by atoms with E-state index in [2.05, 4.69) is 9.80 Å². The van der Waals surface area contributed by atoms with E-state index in [1.54, 1.807) is 12.1 Å². The molecule has 1 N–H and O–H groups in total. The lowest BCUT2D eigenvalue weighted by molar-refractivity contribution is -0.384. The fraction of sp³-hybridized carbons (Fsp3) is 0.571. The predicted molar refractivity (Wildman–Crippen MR) is 81.7 cm³/mol. The van der Waals surface area contributed by atoms with Crippen LogP contribution in [0.1, 0.15) is 10.9 Å². The van der Waals surface area contributed by atoms with Gasteiger partial charge in [-0.2, -0.15) is 0 Å². The summed E-state index contributed by atoms with van der Waals surface area (Å²) in [6, 6.07) is 6.42. The predicted octanol–water partition coefficient (Wildman–Crippen LogP) is 1.48. The van der Waals surface area contributed by atoms with Gasteiger partial charge >= 0.3 is 0 Å². The smallest absolute Gasteiger partial charge is 0.269 e. The molecule has 0 spiro atoms. The second kappa shape index (κ2) is 7.70. The number of alkyl halides is 1. The van der Waals surface area contributed by atoms with Crippen molar-refractivity contribution < 1.29 is 10.0 Å². The first-order valence-electron chi connectivity index (χ1n) is 7.04. The summed E-state index contributed by atoms with van der Waals surface area (Å²) in [6.07, 6.45) is 0. The minimum Gasteiger partial charge on any atom is -0.395 e. The second-order valence-electron chi connectivity index (χ2n) is 5.18. The summed E-state index contributed by atoms with van der Waals surface area (Å²) in [5.41, 5.74) is 0.986. The summed E-state index contributed by atoms with van der Waals surface area (Å²) >= 11 is 6.40. The summed E-state index contributed by atoms with van der Waals surface area (Å²) in [5, 5.41) is 19.4. The van der Waals surface area contributed by atoms with Crippen molar-refractivity contribution in [2.24, 2.45) is 0 Å². The van der Waals surface area contributed by atoms with Crippen molar-refractivity contribution >= 4 is 17.3 Å². The molecule has 1 aliphatic heterocycles. The summed E-state index contributed by atoms with van der Waals surface area (Å²) < 4.78 is 0. The number of piperazine rings is 1. The van der Waals surface area contributed by atoms with Crippen molar-refractivity contribution in [1.82, 2.24) is 9.80 Å². The van der Waals surface area contributed by atoms with Crippen LogP contribution in [0, 0.1) is 10.1 Å². The molecule has 1 unspecified atom stereocenters. The highest BCUT2D eigenvalue weighted by molar-refractivity contribution is 6.21. The minimum absolute atomic E-state index is 0.0836. The molecule has 21 heavy (non-hydrogen) atoms. The van der Waals surface area contributed by atoms with E-state index in [9.17, 15) is 10.1 Å². The van der Waals surface area contributed by atoms with Crippen LogP contribution in [0.5, 0.6) is 0 Å². The van der Waals surface area contributed by atoms with E-state index in [0.29, 0.717) is 0 Å². The van der Waals surface area contributed by atoms with Crippen molar-refractivity contribution in [2.45, 2.75) is 5.38 Å². The van der Waals surface area contributed by atoms with Gasteiger partial charge in [0.1, 0.15) is 0 Å². The first-order valence-corrected chi connectivity index (χ1v) is 7.48. The van der Waals surface area contributed by atoms with E-state index in [1.165, 1.54) is 12.1 Å². The number of nitro groups is 1. The minimum atomic E-state index is -0.409. The Kier molecular flexibility index (Phi) is 5.93. The normalized spacial score (nSPS) is 18.6. The van der Waals surface area contributed by atoms with Crippen molar-refractivity contribution in [3.8, 4) is 0 Å². The Balaban J connectivity index is 1.84. The van der Waals surface area contributed by atoms with Crippen LogP contribution >= 0.6 is 11.6 Å². The van der Waals surface area contributed by atoms with E-state index in [4.69, 9.17) is 16.7 Å². The van der Waals surface area contributed by atoms with Gasteiger partial charge in [-0.05, 0) is 5.56 Å². The van der Waals surface area contributed by atoms with Crippen molar-refractivity contribution in [2.75, 3.05) is 45.9 Å².